The van der Waals surface area contributed by atoms with E-state index in [1.54, 1.807) is 4.90 Å². The first-order valence-corrected chi connectivity index (χ1v) is 7.02. The van der Waals surface area contributed by atoms with Crippen LogP contribution in [0.15, 0.2) is 12.1 Å². The maximum atomic E-state index is 12.2. The first kappa shape index (κ1) is 15.8. The third-order valence-corrected chi connectivity index (χ3v) is 4.50. The summed E-state index contributed by atoms with van der Waals surface area (Å²) in [4.78, 5) is 15.1. The van der Waals surface area contributed by atoms with Crippen molar-refractivity contribution in [1.82, 2.24) is 4.90 Å². The molecule has 1 aromatic rings. The minimum atomic E-state index is 0. The fourth-order valence-electron chi connectivity index (χ4n) is 2.33. The van der Waals surface area contributed by atoms with E-state index in [0.717, 1.165) is 28.5 Å². The number of carbonyl (C=O) groups excluding carboxylic acids is 1. The Balaban J connectivity index is 0.00000162. The third-order valence-electron chi connectivity index (χ3n) is 3.28. The van der Waals surface area contributed by atoms with Crippen molar-refractivity contribution in [3.05, 3.63) is 21.3 Å². The molecule has 0 saturated heterocycles. The van der Waals surface area contributed by atoms with Gasteiger partial charge in [-0.15, -0.1) is 23.7 Å². The lowest BCUT2D eigenvalue weighted by Gasteiger charge is -2.22. The van der Waals surface area contributed by atoms with Crippen LogP contribution in [0.25, 0.3) is 0 Å². The van der Waals surface area contributed by atoms with Gasteiger partial charge in [0.15, 0.2) is 0 Å². The van der Waals surface area contributed by atoms with Gasteiger partial charge in [0.2, 0.25) is 5.91 Å². The Bertz CT molecular complexity index is 411. The van der Waals surface area contributed by atoms with E-state index in [0.29, 0.717) is 6.54 Å². The molecule has 2 atom stereocenters. The van der Waals surface area contributed by atoms with E-state index in [1.165, 1.54) is 11.3 Å². The van der Waals surface area contributed by atoms with Crippen LogP contribution in [-0.4, -0.2) is 23.9 Å². The molecule has 1 aromatic heterocycles. The lowest BCUT2D eigenvalue weighted by atomic mass is 10.0. The van der Waals surface area contributed by atoms with Crippen molar-refractivity contribution < 1.29 is 4.79 Å². The van der Waals surface area contributed by atoms with E-state index in [9.17, 15) is 4.79 Å². The maximum absolute atomic E-state index is 12.2. The first-order chi connectivity index (χ1) is 8.08. The van der Waals surface area contributed by atoms with E-state index >= 15 is 0 Å². The summed E-state index contributed by atoms with van der Waals surface area (Å²) in [5.41, 5.74) is 5.95. The number of rotatable bonds is 3. The van der Waals surface area contributed by atoms with Gasteiger partial charge < -0.3 is 10.6 Å². The lowest BCUT2D eigenvalue weighted by molar-refractivity contribution is -0.134. The SMILES string of the molecule is CN(Cc1ccc(Cl)s1)C(=O)C1CCCC1N.Cl. The largest absolute Gasteiger partial charge is 0.340 e. The van der Waals surface area contributed by atoms with E-state index in [1.807, 2.05) is 19.2 Å². The van der Waals surface area contributed by atoms with Gasteiger partial charge in [-0.25, -0.2) is 0 Å². The number of hydrogen-bond donors (Lipinski definition) is 1. The summed E-state index contributed by atoms with van der Waals surface area (Å²) in [5, 5.41) is 0. The molecule has 0 aromatic carbocycles. The van der Waals surface area contributed by atoms with Crippen LogP contribution in [0, 0.1) is 5.92 Å². The Hall–Kier alpha value is -0.290. The van der Waals surface area contributed by atoms with Gasteiger partial charge in [0.25, 0.3) is 0 Å². The second kappa shape index (κ2) is 6.75. The van der Waals surface area contributed by atoms with E-state index < -0.39 is 0 Å². The van der Waals surface area contributed by atoms with Gasteiger partial charge in [-0.1, -0.05) is 18.0 Å². The Labute approximate surface area is 123 Å². The normalized spacial score (nSPS) is 22.6. The topological polar surface area (TPSA) is 46.3 Å². The van der Waals surface area contributed by atoms with Crippen LogP contribution in [-0.2, 0) is 11.3 Å². The van der Waals surface area contributed by atoms with Crippen LogP contribution in [0.2, 0.25) is 4.34 Å². The molecular formula is C12H18Cl2N2OS. The molecule has 1 fully saturated rings. The molecule has 1 aliphatic carbocycles. The number of nitrogens with zero attached hydrogens (tertiary/aromatic N) is 1. The quantitative estimate of drug-likeness (QED) is 0.933. The van der Waals surface area contributed by atoms with Crippen molar-refractivity contribution in [3.8, 4) is 0 Å². The molecule has 3 nitrogen and oxygen atoms in total. The Kier molecular flexibility index (Phi) is 5.92. The smallest absolute Gasteiger partial charge is 0.227 e. The molecule has 1 amide bonds. The van der Waals surface area contributed by atoms with Gasteiger partial charge in [-0.3, -0.25) is 4.79 Å². The molecule has 0 radical (unpaired) electrons. The van der Waals surface area contributed by atoms with Gasteiger partial charge in [-0.05, 0) is 25.0 Å². The molecule has 2 rings (SSSR count). The van der Waals surface area contributed by atoms with Crippen molar-refractivity contribution in [3.63, 3.8) is 0 Å². The molecule has 2 unspecified atom stereocenters. The highest BCUT2D eigenvalue weighted by atomic mass is 35.5. The molecule has 0 spiro atoms. The minimum absolute atomic E-state index is 0. The zero-order valence-electron chi connectivity index (χ0n) is 10.3. The second-order valence-electron chi connectivity index (χ2n) is 4.60. The number of carbonyl (C=O) groups is 1. The highest BCUT2D eigenvalue weighted by Crippen LogP contribution is 2.27. The van der Waals surface area contributed by atoms with E-state index in [-0.39, 0.29) is 30.3 Å². The maximum Gasteiger partial charge on any atom is 0.227 e. The van der Waals surface area contributed by atoms with Crippen molar-refractivity contribution in [1.29, 1.82) is 0 Å². The van der Waals surface area contributed by atoms with Crippen LogP contribution in [0.4, 0.5) is 0 Å². The van der Waals surface area contributed by atoms with Gasteiger partial charge in [-0.2, -0.15) is 0 Å². The Morgan fingerprint density at radius 3 is 2.78 bits per heavy atom. The fourth-order valence-corrected chi connectivity index (χ4v) is 3.47. The van der Waals surface area contributed by atoms with Crippen molar-refractivity contribution in [2.45, 2.75) is 31.8 Å². The first-order valence-electron chi connectivity index (χ1n) is 5.82. The summed E-state index contributed by atoms with van der Waals surface area (Å²) < 4.78 is 0.762. The summed E-state index contributed by atoms with van der Waals surface area (Å²) in [6, 6.07) is 3.86. The molecule has 0 aliphatic heterocycles. The monoisotopic (exact) mass is 308 g/mol. The summed E-state index contributed by atoms with van der Waals surface area (Å²) in [6.07, 6.45) is 2.96. The van der Waals surface area contributed by atoms with Gasteiger partial charge in [0.05, 0.1) is 16.8 Å². The second-order valence-corrected chi connectivity index (χ2v) is 6.40. The van der Waals surface area contributed by atoms with E-state index in [4.69, 9.17) is 17.3 Å². The van der Waals surface area contributed by atoms with Crippen LogP contribution >= 0.6 is 35.3 Å². The van der Waals surface area contributed by atoms with Crippen LogP contribution in [0.5, 0.6) is 0 Å². The van der Waals surface area contributed by atoms with Gasteiger partial charge in [0, 0.05) is 18.0 Å². The molecule has 6 heteroatoms. The number of nitrogens with two attached hydrogens (primary N) is 1. The number of thiophene rings is 1. The summed E-state index contributed by atoms with van der Waals surface area (Å²) in [6.45, 7) is 0.624. The molecule has 1 aliphatic rings. The Morgan fingerprint density at radius 1 is 1.56 bits per heavy atom. The predicted molar refractivity (Wildman–Crippen MR) is 78.4 cm³/mol. The molecule has 18 heavy (non-hydrogen) atoms. The van der Waals surface area contributed by atoms with Crippen molar-refractivity contribution >= 4 is 41.3 Å². The average molecular weight is 309 g/mol. The molecule has 1 saturated carbocycles. The van der Waals surface area contributed by atoms with E-state index in [2.05, 4.69) is 0 Å². The molecule has 2 N–H and O–H groups in total. The highest BCUT2D eigenvalue weighted by molar-refractivity contribution is 7.16. The van der Waals surface area contributed by atoms with Crippen LogP contribution in [0.3, 0.4) is 0 Å². The zero-order valence-corrected chi connectivity index (χ0v) is 12.7. The summed E-state index contributed by atoms with van der Waals surface area (Å²) >= 11 is 7.39. The summed E-state index contributed by atoms with van der Waals surface area (Å²) in [7, 11) is 1.83. The standard InChI is InChI=1S/C12H17ClN2OS.ClH/c1-15(7-8-5-6-11(13)17-8)12(16)9-3-2-4-10(9)14;/h5-6,9-10H,2-4,7,14H2,1H3;1H. The number of amides is 1. The predicted octanol–water partition coefficient (Wildman–Crippen LogP) is 2.91. The molecular weight excluding hydrogens is 291 g/mol. The van der Waals surface area contributed by atoms with Gasteiger partial charge in [0.1, 0.15) is 0 Å². The average Bonchev–Trinajstić information content (AvgIpc) is 2.86. The molecule has 1 heterocycles. The van der Waals surface area contributed by atoms with Gasteiger partial charge >= 0.3 is 0 Å². The Morgan fingerprint density at radius 2 is 2.28 bits per heavy atom. The number of halogens is 2. The summed E-state index contributed by atoms with van der Waals surface area (Å²) in [5.74, 6) is 0.176. The van der Waals surface area contributed by atoms with Crippen molar-refractivity contribution in [2.24, 2.45) is 11.7 Å². The molecule has 0 bridgehead atoms. The molecule has 102 valence electrons. The number of hydrogen-bond acceptors (Lipinski definition) is 3. The lowest BCUT2D eigenvalue weighted by Crippen LogP contribution is -2.39. The van der Waals surface area contributed by atoms with Crippen LogP contribution < -0.4 is 5.73 Å². The zero-order chi connectivity index (χ0) is 12.4. The highest BCUT2D eigenvalue weighted by Gasteiger charge is 2.32. The minimum Gasteiger partial charge on any atom is -0.340 e. The van der Waals surface area contributed by atoms with Crippen molar-refractivity contribution in [2.75, 3.05) is 7.05 Å². The fraction of sp³-hybridized carbons (Fsp3) is 0.583. The van der Waals surface area contributed by atoms with Crippen LogP contribution in [0.1, 0.15) is 24.1 Å². The third kappa shape index (κ3) is 3.60.